The van der Waals surface area contributed by atoms with Gasteiger partial charge in [0.25, 0.3) is 0 Å². The van der Waals surface area contributed by atoms with Crippen molar-refractivity contribution in [3.8, 4) is 0 Å². The first kappa shape index (κ1) is 18.1. The maximum atomic E-state index is 12.8. The first-order chi connectivity index (χ1) is 13.3. The predicted molar refractivity (Wildman–Crippen MR) is 101 cm³/mol. The maximum Gasteiger partial charge on any atom is 0.222 e. The van der Waals surface area contributed by atoms with E-state index in [4.69, 9.17) is 4.74 Å². The third-order valence-corrected chi connectivity index (χ3v) is 5.48. The molecule has 2 fully saturated rings. The van der Waals surface area contributed by atoms with E-state index in [1.807, 2.05) is 24.8 Å². The Balaban J connectivity index is 1.36. The number of fused-ring (bicyclic) bond motifs is 3. The van der Waals surface area contributed by atoms with Crippen molar-refractivity contribution in [2.75, 3.05) is 32.8 Å². The smallest absolute Gasteiger partial charge is 0.222 e. The van der Waals surface area contributed by atoms with E-state index in [0.717, 1.165) is 51.2 Å². The largest absolute Gasteiger partial charge is 0.379 e. The SMILES string of the molecule is O=C(CCCc1cn[nH]c1)N1C[C@@H]2COC[C@H](C1)N(Cc1ccncc1)C2. The zero-order chi connectivity index (χ0) is 18.5. The second-order valence-electron chi connectivity index (χ2n) is 7.60. The molecule has 0 aromatic carbocycles. The van der Waals surface area contributed by atoms with E-state index in [-0.39, 0.29) is 11.9 Å². The van der Waals surface area contributed by atoms with Crippen molar-refractivity contribution in [3.05, 3.63) is 48.0 Å². The molecule has 2 aromatic rings. The van der Waals surface area contributed by atoms with E-state index in [0.29, 0.717) is 18.9 Å². The second kappa shape index (κ2) is 8.63. The molecule has 4 rings (SSSR count). The van der Waals surface area contributed by atoms with Gasteiger partial charge in [0, 0.05) is 57.1 Å². The number of ether oxygens (including phenoxy) is 1. The van der Waals surface area contributed by atoms with Crippen LogP contribution >= 0.6 is 0 Å². The fourth-order valence-corrected chi connectivity index (χ4v) is 4.06. The molecule has 2 atom stereocenters. The molecule has 1 N–H and O–H groups in total. The molecule has 2 saturated heterocycles. The summed E-state index contributed by atoms with van der Waals surface area (Å²) in [7, 11) is 0. The lowest BCUT2D eigenvalue weighted by Crippen LogP contribution is -2.45. The van der Waals surface area contributed by atoms with E-state index in [2.05, 4.69) is 37.1 Å². The van der Waals surface area contributed by atoms with Gasteiger partial charge in [0.15, 0.2) is 0 Å². The van der Waals surface area contributed by atoms with Gasteiger partial charge in [-0.2, -0.15) is 5.10 Å². The van der Waals surface area contributed by atoms with Crippen LogP contribution < -0.4 is 0 Å². The van der Waals surface area contributed by atoms with Crippen LogP contribution in [-0.4, -0.2) is 69.8 Å². The monoisotopic (exact) mass is 369 g/mol. The van der Waals surface area contributed by atoms with Crippen molar-refractivity contribution in [2.45, 2.75) is 31.8 Å². The number of rotatable bonds is 6. The highest BCUT2D eigenvalue weighted by molar-refractivity contribution is 5.76. The summed E-state index contributed by atoms with van der Waals surface area (Å²) in [5.41, 5.74) is 2.42. The van der Waals surface area contributed by atoms with Crippen molar-refractivity contribution in [1.29, 1.82) is 0 Å². The number of aryl methyl sites for hydroxylation is 1. The van der Waals surface area contributed by atoms with Gasteiger partial charge in [-0.1, -0.05) is 0 Å². The van der Waals surface area contributed by atoms with Crippen molar-refractivity contribution < 1.29 is 9.53 Å². The van der Waals surface area contributed by atoms with Gasteiger partial charge in [0.2, 0.25) is 5.91 Å². The Morgan fingerprint density at radius 3 is 2.89 bits per heavy atom. The lowest BCUT2D eigenvalue weighted by molar-refractivity contribution is -0.133. The third kappa shape index (κ3) is 4.73. The lowest BCUT2D eigenvalue weighted by atomic mass is 10.1. The number of nitrogens with zero attached hydrogens (tertiary/aromatic N) is 4. The molecule has 27 heavy (non-hydrogen) atoms. The van der Waals surface area contributed by atoms with E-state index in [9.17, 15) is 4.79 Å². The molecule has 0 unspecified atom stereocenters. The normalized spacial score (nSPS) is 23.2. The molecule has 2 aliphatic rings. The minimum atomic E-state index is 0.253. The number of aromatic amines is 1. The van der Waals surface area contributed by atoms with E-state index < -0.39 is 0 Å². The molecule has 1 amide bonds. The summed E-state index contributed by atoms with van der Waals surface area (Å²) < 4.78 is 5.89. The topological polar surface area (TPSA) is 74.3 Å². The Kier molecular flexibility index (Phi) is 5.79. The summed E-state index contributed by atoms with van der Waals surface area (Å²) in [5.74, 6) is 0.637. The first-order valence-corrected chi connectivity index (χ1v) is 9.74. The van der Waals surface area contributed by atoms with Crippen molar-refractivity contribution in [1.82, 2.24) is 25.0 Å². The van der Waals surface area contributed by atoms with Crippen LogP contribution in [0.3, 0.4) is 0 Å². The Hall–Kier alpha value is -2.25. The van der Waals surface area contributed by atoms with Gasteiger partial charge in [0.05, 0.1) is 25.5 Å². The van der Waals surface area contributed by atoms with Crippen LogP contribution in [0.2, 0.25) is 0 Å². The van der Waals surface area contributed by atoms with Crippen LogP contribution in [0.5, 0.6) is 0 Å². The maximum absolute atomic E-state index is 12.8. The van der Waals surface area contributed by atoms with Crippen LogP contribution in [0.15, 0.2) is 36.9 Å². The van der Waals surface area contributed by atoms with Crippen molar-refractivity contribution in [2.24, 2.45) is 5.92 Å². The molecule has 7 nitrogen and oxygen atoms in total. The molecule has 0 spiro atoms. The molecule has 7 heteroatoms. The Bertz CT molecular complexity index is 721. The zero-order valence-electron chi connectivity index (χ0n) is 15.6. The van der Waals surface area contributed by atoms with Gasteiger partial charge in [-0.25, -0.2) is 0 Å². The van der Waals surface area contributed by atoms with Crippen LogP contribution in [-0.2, 0) is 22.5 Å². The van der Waals surface area contributed by atoms with Crippen LogP contribution in [0, 0.1) is 5.92 Å². The van der Waals surface area contributed by atoms with E-state index >= 15 is 0 Å². The van der Waals surface area contributed by atoms with Crippen LogP contribution in [0.1, 0.15) is 24.0 Å². The Morgan fingerprint density at radius 2 is 2.07 bits per heavy atom. The minimum absolute atomic E-state index is 0.253. The lowest BCUT2D eigenvalue weighted by Gasteiger charge is -2.31. The highest BCUT2D eigenvalue weighted by Crippen LogP contribution is 2.22. The molecule has 0 saturated carbocycles. The predicted octanol–water partition coefficient (Wildman–Crippen LogP) is 1.49. The van der Waals surface area contributed by atoms with Gasteiger partial charge < -0.3 is 9.64 Å². The molecular formula is C20H27N5O2. The number of H-pyrrole nitrogens is 1. The molecule has 2 bridgehead atoms. The summed E-state index contributed by atoms with van der Waals surface area (Å²) in [5, 5.41) is 6.78. The number of hydrogen-bond donors (Lipinski definition) is 1. The molecular weight excluding hydrogens is 342 g/mol. The minimum Gasteiger partial charge on any atom is -0.379 e. The Labute approximate surface area is 159 Å². The molecule has 0 aliphatic carbocycles. The highest BCUT2D eigenvalue weighted by atomic mass is 16.5. The third-order valence-electron chi connectivity index (χ3n) is 5.48. The number of carbonyl (C=O) groups is 1. The second-order valence-corrected chi connectivity index (χ2v) is 7.60. The van der Waals surface area contributed by atoms with Gasteiger partial charge in [-0.15, -0.1) is 0 Å². The fraction of sp³-hybridized carbons (Fsp3) is 0.550. The average molecular weight is 369 g/mol. The number of hydrogen-bond acceptors (Lipinski definition) is 5. The summed E-state index contributed by atoms with van der Waals surface area (Å²) in [4.78, 5) is 21.5. The summed E-state index contributed by atoms with van der Waals surface area (Å²) >= 11 is 0. The highest BCUT2D eigenvalue weighted by Gasteiger charge is 2.34. The number of carbonyl (C=O) groups excluding carboxylic acids is 1. The standard InChI is InChI=1S/C20H27N5O2/c26-20(3-1-2-17-8-22-23-9-17)25-12-18-11-24(19(13-25)15-27-14-18)10-16-4-6-21-7-5-16/h4-9,18-19H,1-3,10-15H2,(H,22,23)/t18-,19+/m1/s1. The number of amides is 1. The fourth-order valence-electron chi connectivity index (χ4n) is 4.06. The van der Waals surface area contributed by atoms with E-state index in [1.54, 1.807) is 0 Å². The summed E-state index contributed by atoms with van der Waals surface area (Å²) in [6.45, 7) is 4.85. The number of pyridine rings is 1. The molecule has 2 aliphatic heterocycles. The first-order valence-electron chi connectivity index (χ1n) is 9.74. The van der Waals surface area contributed by atoms with Crippen molar-refractivity contribution in [3.63, 3.8) is 0 Å². The molecule has 2 aromatic heterocycles. The van der Waals surface area contributed by atoms with E-state index in [1.165, 1.54) is 5.56 Å². The molecule has 144 valence electrons. The van der Waals surface area contributed by atoms with Crippen LogP contribution in [0.4, 0.5) is 0 Å². The van der Waals surface area contributed by atoms with Gasteiger partial charge in [-0.3, -0.25) is 19.8 Å². The zero-order valence-corrected chi connectivity index (χ0v) is 15.6. The molecule has 0 radical (unpaired) electrons. The van der Waals surface area contributed by atoms with Crippen LogP contribution in [0.25, 0.3) is 0 Å². The molecule has 4 heterocycles. The van der Waals surface area contributed by atoms with Crippen molar-refractivity contribution >= 4 is 5.91 Å². The Morgan fingerprint density at radius 1 is 1.19 bits per heavy atom. The van der Waals surface area contributed by atoms with Gasteiger partial charge in [0.1, 0.15) is 0 Å². The quantitative estimate of drug-likeness (QED) is 0.835. The number of nitrogens with one attached hydrogen (secondary N) is 1. The average Bonchev–Trinajstić information content (AvgIpc) is 3.03. The number of aromatic nitrogens is 3. The van der Waals surface area contributed by atoms with Gasteiger partial charge >= 0.3 is 0 Å². The summed E-state index contributed by atoms with van der Waals surface area (Å²) in [6, 6.07) is 4.38. The van der Waals surface area contributed by atoms with Gasteiger partial charge in [-0.05, 0) is 36.1 Å². The summed E-state index contributed by atoms with van der Waals surface area (Å²) in [6.07, 6.45) is 9.75.